The van der Waals surface area contributed by atoms with E-state index in [1.165, 1.54) is 36.0 Å². The van der Waals surface area contributed by atoms with Gasteiger partial charge in [0.2, 0.25) is 5.91 Å². The molecular formula is C25H35N3O7S. The number of esters is 1. The van der Waals surface area contributed by atoms with E-state index in [4.69, 9.17) is 15.9 Å². The average Bonchev–Trinajstić information content (AvgIpc) is 2.78. The van der Waals surface area contributed by atoms with Gasteiger partial charge in [0.05, 0.1) is 13.0 Å². The van der Waals surface area contributed by atoms with Crippen molar-refractivity contribution in [3.05, 3.63) is 29.8 Å². The molecule has 10 nitrogen and oxygen atoms in total. The molecule has 198 valence electrons. The highest BCUT2D eigenvalue weighted by molar-refractivity contribution is 7.98. The number of ether oxygens (including phenoxy) is 2. The molecule has 0 saturated heterocycles. The number of nitrogens with zero attached hydrogens (tertiary/aromatic N) is 1. The number of phenolic OH excluding ortho intramolecular Hbond substituents is 1. The summed E-state index contributed by atoms with van der Waals surface area (Å²) in [6, 6.07) is 5.60. The number of hydrogen-bond donors (Lipinski definition) is 3. The van der Waals surface area contributed by atoms with E-state index in [0.29, 0.717) is 5.75 Å². The highest BCUT2D eigenvalue weighted by Gasteiger charge is 2.35. The van der Waals surface area contributed by atoms with Gasteiger partial charge in [-0.15, -0.1) is 0 Å². The lowest BCUT2D eigenvalue weighted by molar-refractivity contribution is -0.143. The molecule has 0 aromatic heterocycles. The second kappa shape index (κ2) is 14.9. The molecule has 0 saturated carbocycles. The number of thioether (sulfide) groups is 1. The first-order chi connectivity index (χ1) is 16.9. The van der Waals surface area contributed by atoms with Crippen molar-refractivity contribution in [2.75, 3.05) is 25.2 Å². The summed E-state index contributed by atoms with van der Waals surface area (Å²) < 4.78 is 10.1. The first-order valence-electron chi connectivity index (χ1n) is 11.4. The maximum absolute atomic E-state index is 13.5. The van der Waals surface area contributed by atoms with Crippen LogP contribution in [0.25, 0.3) is 0 Å². The summed E-state index contributed by atoms with van der Waals surface area (Å²) in [5, 5.41) is 15.1. The van der Waals surface area contributed by atoms with Gasteiger partial charge in [-0.1, -0.05) is 18.6 Å². The predicted octanol–water partition coefficient (Wildman–Crippen LogP) is 2.57. The molecule has 0 spiro atoms. The predicted molar refractivity (Wildman–Crippen MR) is 137 cm³/mol. The van der Waals surface area contributed by atoms with Gasteiger partial charge in [-0.05, 0) is 63.8 Å². The van der Waals surface area contributed by atoms with E-state index in [1.807, 2.05) is 6.26 Å². The normalized spacial score (nSPS) is 12.4. The highest BCUT2D eigenvalue weighted by Crippen LogP contribution is 2.25. The lowest BCUT2D eigenvalue weighted by Crippen LogP contribution is -2.51. The van der Waals surface area contributed by atoms with Crippen molar-refractivity contribution in [2.45, 2.75) is 58.2 Å². The number of amides is 3. The maximum atomic E-state index is 13.5. The number of alkyl carbamates (subject to hydrolysis) is 1. The summed E-state index contributed by atoms with van der Waals surface area (Å²) in [4.78, 5) is 51.7. The molecule has 0 radical (unpaired) electrons. The Morgan fingerprint density at radius 3 is 2.50 bits per heavy atom. The molecule has 3 N–H and O–H groups in total. The Balaban J connectivity index is 3.25. The Bertz CT molecular complexity index is 956. The van der Waals surface area contributed by atoms with Crippen molar-refractivity contribution in [1.82, 2.24) is 15.5 Å². The molecule has 0 bridgehead atoms. The van der Waals surface area contributed by atoms with Gasteiger partial charge in [-0.25, -0.2) is 4.79 Å². The number of carbonyl (C=O) groups is 4. The Morgan fingerprint density at radius 2 is 1.94 bits per heavy atom. The van der Waals surface area contributed by atoms with E-state index < -0.39 is 41.6 Å². The molecule has 0 fully saturated rings. The molecule has 36 heavy (non-hydrogen) atoms. The number of rotatable bonds is 12. The van der Waals surface area contributed by atoms with E-state index in [2.05, 4.69) is 16.7 Å². The third-order valence-corrected chi connectivity index (χ3v) is 5.25. The first-order valence-corrected chi connectivity index (χ1v) is 12.8. The number of carbonyl (C=O) groups excluding carboxylic acids is 4. The number of nitrogens with one attached hydrogen (secondary N) is 2. The summed E-state index contributed by atoms with van der Waals surface area (Å²) in [6.07, 6.45) is 6.90. The van der Waals surface area contributed by atoms with Crippen LogP contribution < -0.4 is 10.6 Å². The zero-order valence-corrected chi connectivity index (χ0v) is 22.1. The van der Waals surface area contributed by atoms with E-state index in [0.717, 1.165) is 4.90 Å². The molecular weight excluding hydrogens is 486 g/mol. The molecule has 1 rings (SSSR count). The van der Waals surface area contributed by atoms with Crippen molar-refractivity contribution in [1.29, 1.82) is 0 Å². The molecule has 2 atom stereocenters. The van der Waals surface area contributed by atoms with Crippen LogP contribution in [0.3, 0.4) is 0 Å². The topological polar surface area (TPSA) is 134 Å². The van der Waals surface area contributed by atoms with Crippen LogP contribution >= 0.6 is 11.8 Å². The lowest BCUT2D eigenvalue weighted by Gasteiger charge is -2.30. The van der Waals surface area contributed by atoms with Gasteiger partial charge in [-0.2, -0.15) is 11.8 Å². The number of benzene rings is 1. The number of hydrogen-bond acceptors (Lipinski definition) is 8. The first kappa shape index (κ1) is 30.6. The zero-order valence-electron chi connectivity index (χ0n) is 21.3. The average molecular weight is 522 g/mol. The van der Waals surface area contributed by atoms with Crippen LogP contribution in [0.2, 0.25) is 0 Å². The van der Waals surface area contributed by atoms with Crippen LogP contribution in [0.5, 0.6) is 5.75 Å². The number of aromatic hydroxyl groups is 1. The third kappa shape index (κ3) is 10.5. The minimum atomic E-state index is -1.34. The van der Waals surface area contributed by atoms with Gasteiger partial charge in [-0.3, -0.25) is 19.3 Å². The standard InChI is InChI=1S/C25H35N3O7S/c1-7-28(23(32)19(13-15-36-6)27-24(33)35-25(3,4)5)21(17-10-9-11-18(29)16-17)22(31)26-14-12-20(30)34-8-2/h1,9-11,16,19,21,29H,8,12-15H2,2-6H3,(H,26,31)(H,27,33). The summed E-state index contributed by atoms with van der Waals surface area (Å²) in [5.74, 6) is -1.47. The molecule has 0 aliphatic carbocycles. The molecule has 11 heteroatoms. The van der Waals surface area contributed by atoms with E-state index in [1.54, 1.807) is 27.7 Å². The summed E-state index contributed by atoms with van der Waals surface area (Å²) in [7, 11) is 0. The Labute approximate surface area is 216 Å². The summed E-state index contributed by atoms with van der Waals surface area (Å²) in [5.41, 5.74) is -0.540. The second-order valence-electron chi connectivity index (χ2n) is 8.66. The Morgan fingerprint density at radius 1 is 1.25 bits per heavy atom. The smallest absolute Gasteiger partial charge is 0.408 e. The van der Waals surface area contributed by atoms with E-state index >= 15 is 0 Å². The molecule has 1 aromatic rings. The molecule has 0 aliphatic heterocycles. The van der Waals surface area contributed by atoms with Crippen LogP contribution in [-0.2, 0) is 23.9 Å². The Hall–Kier alpha value is -3.39. The lowest BCUT2D eigenvalue weighted by atomic mass is 10.0. The molecule has 2 unspecified atom stereocenters. The van der Waals surface area contributed by atoms with Crippen LogP contribution in [0, 0.1) is 12.5 Å². The molecule has 3 amide bonds. The van der Waals surface area contributed by atoms with Gasteiger partial charge >= 0.3 is 12.1 Å². The monoisotopic (exact) mass is 521 g/mol. The van der Waals surface area contributed by atoms with E-state index in [9.17, 15) is 24.3 Å². The van der Waals surface area contributed by atoms with Crippen molar-refractivity contribution >= 4 is 35.6 Å². The minimum Gasteiger partial charge on any atom is -0.508 e. The molecule has 1 aromatic carbocycles. The van der Waals surface area contributed by atoms with Gasteiger partial charge in [0.1, 0.15) is 23.4 Å². The minimum absolute atomic E-state index is 0.0500. The van der Waals surface area contributed by atoms with Crippen LogP contribution in [0.15, 0.2) is 24.3 Å². The SMILES string of the molecule is C#CN(C(=O)C(CCSC)NC(=O)OC(C)(C)C)C(C(=O)NCCC(=O)OCC)c1cccc(O)c1. The number of phenols is 1. The fourth-order valence-corrected chi connectivity index (χ4v) is 3.58. The second-order valence-corrected chi connectivity index (χ2v) is 9.65. The van der Waals surface area contributed by atoms with Crippen molar-refractivity contribution in [2.24, 2.45) is 0 Å². The maximum Gasteiger partial charge on any atom is 0.408 e. The molecule has 0 aliphatic rings. The zero-order chi connectivity index (χ0) is 27.3. The third-order valence-electron chi connectivity index (χ3n) is 4.60. The summed E-state index contributed by atoms with van der Waals surface area (Å²) >= 11 is 1.47. The van der Waals surface area contributed by atoms with Crippen LogP contribution in [0.4, 0.5) is 4.79 Å². The van der Waals surface area contributed by atoms with Crippen molar-refractivity contribution < 1.29 is 33.8 Å². The van der Waals surface area contributed by atoms with Crippen LogP contribution in [-0.4, -0.2) is 70.7 Å². The van der Waals surface area contributed by atoms with Crippen molar-refractivity contribution in [3.63, 3.8) is 0 Å². The van der Waals surface area contributed by atoms with Crippen molar-refractivity contribution in [3.8, 4) is 18.2 Å². The van der Waals surface area contributed by atoms with Gasteiger partial charge in [0.25, 0.3) is 5.91 Å². The fraction of sp³-hybridized carbons (Fsp3) is 0.520. The summed E-state index contributed by atoms with van der Waals surface area (Å²) in [6.45, 7) is 6.90. The number of terminal acetylenes is 1. The Kier molecular flexibility index (Phi) is 12.7. The van der Waals surface area contributed by atoms with Gasteiger partial charge < -0.3 is 25.2 Å². The van der Waals surface area contributed by atoms with Crippen LogP contribution in [0.1, 0.15) is 52.1 Å². The van der Waals surface area contributed by atoms with Gasteiger partial charge in [0, 0.05) is 12.6 Å². The van der Waals surface area contributed by atoms with E-state index in [-0.39, 0.29) is 37.3 Å². The quantitative estimate of drug-likeness (QED) is 0.217. The largest absolute Gasteiger partial charge is 0.508 e. The van der Waals surface area contributed by atoms with Gasteiger partial charge in [0.15, 0.2) is 0 Å². The highest BCUT2D eigenvalue weighted by atomic mass is 32.2. The fourth-order valence-electron chi connectivity index (χ4n) is 3.11. The molecule has 0 heterocycles.